The lowest BCUT2D eigenvalue weighted by Crippen LogP contribution is -2.25. The summed E-state index contributed by atoms with van der Waals surface area (Å²) in [5.74, 6) is 1.08. The van der Waals surface area contributed by atoms with Crippen molar-refractivity contribution >= 4 is 32.5 Å². The average Bonchev–Trinajstić information content (AvgIpc) is 2.35. The second-order valence-electron chi connectivity index (χ2n) is 4.78. The van der Waals surface area contributed by atoms with Crippen molar-refractivity contribution in [1.82, 2.24) is 0 Å². The number of hydrogen-bond acceptors (Lipinski definition) is 2. The SMILES string of the molecule is CC(C)CCS(=O)C(C)C(=O)c1ccc(Br)cc1. The number of carbonyl (C=O) groups is 1. The van der Waals surface area contributed by atoms with Gasteiger partial charge in [0.05, 0.1) is 5.25 Å². The monoisotopic (exact) mass is 330 g/mol. The van der Waals surface area contributed by atoms with E-state index in [9.17, 15) is 9.00 Å². The number of hydrogen-bond donors (Lipinski definition) is 0. The van der Waals surface area contributed by atoms with Crippen molar-refractivity contribution in [2.24, 2.45) is 5.92 Å². The summed E-state index contributed by atoms with van der Waals surface area (Å²) in [5.41, 5.74) is 0.628. The topological polar surface area (TPSA) is 34.1 Å². The summed E-state index contributed by atoms with van der Waals surface area (Å²) in [6, 6.07) is 7.19. The molecular formula is C14H19BrO2S. The molecule has 1 rings (SSSR count). The molecule has 1 aromatic rings. The summed E-state index contributed by atoms with van der Waals surface area (Å²) in [6.45, 7) is 5.94. The lowest BCUT2D eigenvalue weighted by Gasteiger charge is -2.11. The van der Waals surface area contributed by atoms with Crippen LogP contribution in [0.4, 0.5) is 0 Å². The Morgan fingerprint density at radius 2 is 1.78 bits per heavy atom. The van der Waals surface area contributed by atoms with Crippen LogP contribution in [-0.4, -0.2) is 21.0 Å². The van der Waals surface area contributed by atoms with E-state index >= 15 is 0 Å². The van der Waals surface area contributed by atoms with Gasteiger partial charge in [0.25, 0.3) is 0 Å². The minimum absolute atomic E-state index is 0.0374. The van der Waals surface area contributed by atoms with E-state index < -0.39 is 16.0 Å². The van der Waals surface area contributed by atoms with Crippen LogP contribution in [0.2, 0.25) is 0 Å². The van der Waals surface area contributed by atoms with Gasteiger partial charge in [0, 0.05) is 26.6 Å². The van der Waals surface area contributed by atoms with E-state index in [0.717, 1.165) is 10.9 Å². The van der Waals surface area contributed by atoms with Crippen molar-refractivity contribution in [3.8, 4) is 0 Å². The number of rotatable bonds is 6. The molecule has 0 aliphatic rings. The molecule has 0 heterocycles. The first-order valence-corrected chi connectivity index (χ1v) is 8.26. The van der Waals surface area contributed by atoms with Gasteiger partial charge in [0.2, 0.25) is 0 Å². The molecule has 0 radical (unpaired) electrons. The Labute approximate surface area is 120 Å². The predicted octanol–water partition coefficient (Wildman–Crippen LogP) is 3.82. The number of halogens is 1. The summed E-state index contributed by atoms with van der Waals surface area (Å²) in [6.07, 6.45) is 0.893. The third kappa shape index (κ3) is 4.65. The second-order valence-corrected chi connectivity index (χ2v) is 7.57. The smallest absolute Gasteiger partial charge is 0.178 e. The first-order chi connectivity index (χ1) is 8.41. The zero-order valence-electron chi connectivity index (χ0n) is 11.0. The molecule has 0 N–H and O–H groups in total. The highest BCUT2D eigenvalue weighted by Crippen LogP contribution is 2.14. The zero-order valence-corrected chi connectivity index (χ0v) is 13.4. The summed E-state index contributed by atoms with van der Waals surface area (Å²) >= 11 is 3.33. The largest absolute Gasteiger partial charge is 0.293 e. The summed E-state index contributed by atoms with van der Waals surface area (Å²) in [4.78, 5) is 12.1. The minimum atomic E-state index is -1.08. The van der Waals surface area contributed by atoms with Crippen molar-refractivity contribution in [3.05, 3.63) is 34.3 Å². The van der Waals surface area contributed by atoms with Gasteiger partial charge in [0.1, 0.15) is 0 Å². The fourth-order valence-electron chi connectivity index (χ4n) is 1.50. The van der Waals surface area contributed by atoms with Gasteiger partial charge in [-0.25, -0.2) is 0 Å². The van der Waals surface area contributed by atoms with Gasteiger partial charge in [-0.05, 0) is 31.4 Å². The molecule has 0 aliphatic heterocycles. The number of carbonyl (C=O) groups excluding carboxylic acids is 1. The third-order valence-corrected chi connectivity index (χ3v) is 4.96. The maximum atomic E-state index is 12.1. The molecule has 0 aromatic heterocycles. The fourth-order valence-corrected chi connectivity index (χ4v) is 3.19. The van der Waals surface area contributed by atoms with Crippen LogP contribution >= 0.6 is 15.9 Å². The van der Waals surface area contributed by atoms with E-state index in [1.54, 1.807) is 19.1 Å². The number of benzene rings is 1. The zero-order chi connectivity index (χ0) is 13.7. The van der Waals surface area contributed by atoms with Gasteiger partial charge >= 0.3 is 0 Å². The fraction of sp³-hybridized carbons (Fsp3) is 0.500. The highest BCUT2D eigenvalue weighted by molar-refractivity contribution is 9.10. The molecule has 0 saturated heterocycles. The van der Waals surface area contributed by atoms with E-state index in [-0.39, 0.29) is 5.78 Å². The molecule has 18 heavy (non-hydrogen) atoms. The standard InChI is InChI=1S/C14H19BrO2S/c1-10(2)8-9-18(17)11(3)14(16)12-4-6-13(15)7-5-12/h4-7,10-11H,8-9H2,1-3H3. The van der Waals surface area contributed by atoms with Crippen molar-refractivity contribution in [2.45, 2.75) is 32.4 Å². The molecule has 1 aromatic carbocycles. The molecule has 0 aliphatic carbocycles. The van der Waals surface area contributed by atoms with Gasteiger partial charge in [-0.15, -0.1) is 0 Å². The lowest BCUT2D eigenvalue weighted by molar-refractivity contribution is 0.0992. The van der Waals surface area contributed by atoms with Crippen molar-refractivity contribution < 1.29 is 9.00 Å². The lowest BCUT2D eigenvalue weighted by atomic mass is 10.1. The molecule has 0 fully saturated rings. The maximum Gasteiger partial charge on any atom is 0.178 e. The molecule has 0 bridgehead atoms. The van der Waals surface area contributed by atoms with Crippen molar-refractivity contribution in [1.29, 1.82) is 0 Å². The van der Waals surface area contributed by atoms with Crippen LogP contribution in [0.25, 0.3) is 0 Å². The highest BCUT2D eigenvalue weighted by atomic mass is 79.9. The van der Waals surface area contributed by atoms with Crippen LogP contribution in [0.1, 0.15) is 37.6 Å². The average molecular weight is 331 g/mol. The van der Waals surface area contributed by atoms with Gasteiger partial charge in [-0.1, -0.05) is 41.9 Å². The van der Waals surface area contributed by atoms with Gasteiger partial charge < -0.3 is 0 Å². The van der Waals surface area contributed by atoms with Crippen molar-refractivity contribution in [2.75, 3.05) is 5.75 Å². The highest BCUT2D eigenvalue weighted by Gasteiger charge is 2.21. The van der Waals surface area contributed by atoms with Gasteiger partial charge in [-0.2, -0.15) is 0 Å². The maximum absolute atomic E-state index is 12.1. The van der Waals surface area contributed by atoms with Crippen LogP contribution in [0.5, 0.6) is 0 Å². The Bertz CT molecular complexity index is 426. The summed E-state index contributed by atoms with van der Waals surface area (Å²) in [7, 11) is -1.08. The molecule has 2 nitrogen and oxygen atoms in total. The Morgan fingerprint density at radius 1 is 1.22 bits per heavy atom. The first-order valence-electron chi connectivity index (χ1n) is 6.08. The van der Waals surface area contributed by atoms with Gasteiger partial charge in [-0.3, -0.25) is 9.00 Å². The van der Waals surface area contributed by atoms with E-state index in [0.29, 0.717) is 17.2 Å². The quantitative estimate of drug-likeness (QED) is 0.743. The Balaban J connectivity index is 2.66. The van der Waals surface area contributed by atoms with Crippen LogP contribution in [-0.2, 0) is 10.8 Å². The number of ketones is 1. The Morgan fingerprint density at radius 3 is 2.28 bits per heavy atom. The van der Waals surface area contributed by atoms with Crippen LogP contribution < -0.4 is 0 Å². The number of Topliss-reactive ketones (excluding diaryl/α,β-unsaturated/α-hetero) is 1. The molecule has 0 amide bonds. The molecule has 100 valence electrons. The molecule has 0 spiro atoms. The summed E-state index contributed by atoms with van der Waals surface area (Å²) < 4.78 is 12.9. The van der Waals surface area contributed by atoms with E-state index in [1.165, 1.54) is 0 Å². The minimum Gasteiger partial charge on any atom is -0.293 e. The third-order valence-electron chi connectivity index (χ3n) is 2.79. The Kier molecular flexibility index (Phi) is 6.22. The Hall–Kier alpha value is -0.480. The predicted molar refractivity (Wildman–Crippen MR) is 80.4 cm³/mol. The first kappa shape index (κ1) is 15.6. The van der Waals surface area contributed by atoms with E-state index in [1.807, 2.05) is 12.1 Å². The summed E-state index contributed by atoms with van der Waals surface area (Å²) in [5, 5.41) is -0.426. The van der Waals surface area contributed by atoms with Crippen LogP contribution in [0.3, 0.4) is 0 Å². The van der Waals surface area contributed by atoms with Crippen molar-refractivity contribution in [3.63, 3.8) is 0 Å². The van der Waals surface area contributed by atoms with Crippen LogP contribution in [0.15, 0.2) is 28.7 Å². The normalized spacial score (nSPS) is 14.5. The van der Waals surface area contributed by atoms with Gasteiger partial charge in [0.15, 0.2) is 5.78 Å². The van der Waals surface area contributed by atoms with E-state index in [2.05, 4.69) is 29.8 Å². The molecule has 4 heteroatoms. The van der Waals surface area contributed by atoms with Crippen LogP contribution in [0, 0.1) is 5.92 Å². The molecule has 0 saturated carbocycles. The second kappa shape index (κ2) is 7.19. The molecular weight excluding hydrogens is 312 g/mol. The molecule has 2 unspecified atom stereocenters. The van der Waals surface area contributed by atoms with E-state index in [4.69, 9.17) is 0 Å². The molecule has 2 atom stereocenters.